The summed E-state index contributed by atoms with van der Waals surface area (Å²) < 4.78 is 38.5. The van der Waals surface area contributed by atoms with Crippen LogP contribution in [0.1, 0.15) is 37.5 Å². The maximum atomic E-state index is 13.5. The van der Waals surface area contributed by atoms with Crippen molar-refractivity contribution in [1.82, 2.24) is 0 Å². The van der Waals surface area contributed by atoms with Gasteiger partial charge in [0, 0.05) is 0 Å². The molecule has 0 N–H and O–H groups in total. The molecule has 2 aromatic rings. The molecule has 0 fully saturated rings. The van der Waals surface area contributed by atoms with Gasteiger partial charge in [-0.25, -0.2) is 13.2 Å². The van der Waals surface area contributed by atoms with Crippen molar-refractivity contribution in [3.05, 3.63) is 53.1 Å². The average molecular weight is 406 g/mol. The third-order valence-corrected chi connectivity index (χ3v) is 6.16. The molecule has 2 rings (SSSR count). The van der Waals surface area contributed by atoms with Gasteiger partial charge in [-0.2, -0.15) is 4.31 Å². The minimum atomic E-state index is -4.20. The van der Waals surface area contributed by atoms with Crippen molar-refractivity contribution in [2.45, 2.75) is 52.0 Å². The number of hydrogen-bond donors (Lipinski definition) is 0. The summed E-state index contributed by atoms with van der Waals surface area (Å²) in [7, 11) is -2.66. The van der Waals surface area contributed by atoms with Crippen LogP contribution in [0.4, 0.5) is 10.5 Å². The first-order valence-electron chi connectivity index (χ1n) is 8.88. The molecular weight excluding hydrogens is 378 g/mol. The van der Waals surface area contributed by atoms with Crippen LogP contribution in [-0.2, 0) is 14.8 Å². The molecule has 0 saturated carbocycles. The van der Waals surface area contributed by atoms with Crippen LogP contribution >= 0.6 is 0 Å². The molecule has 2 aromatic carbocycles. The first-order chi connectivity index (χ1) is 12.9. The van der Waals surface area contributed by atoms with Crippen molar-refractivity contribution in [3.63, 3.8) is 0 Å². The fraction of sp³-hybridized carbons (Fsp3) is 0.381. The van der Waals surface area contributed by atoms with Gasteiger partial charge in [-0.1, -0.05) is 18.2 Å². The van der Waals surface area contributed by atoms with E-state index in [0.717, 1.165) is 9.87 Å². The van der Waals surface area contributed by atoms with E-state index in [9.17, 15) is 13.2 Å². The lowest BCUT2D eigenvalue weighted by atomic mass is 10.1. The SMILES string of the molecule is COc1ccc(N(C(=O)OC(C)(C)C)S(=O)(=O)c2ccccc2C)c(C)c1C. The molecule has 0 aliphatic heterocycles. The van der Waals surface area contributed by atoms with Crippen LogP contribution in [0.2, 0.25) is 0 Å². The summed E-state index contributed by atoms with van der Waals surface area (Å²) in [6.45, 7) is 10.3. The molecule has 0 radical (unpaired) electrons. The lowest BCUT2D eigenvalue weighted by Crippen LogP contribution is -2.41. The summed E-state index contributed by atoms with van der Waals surface area (Å²) in [4.78, 5) is 13.1. The van der Waals surface area contributed by atoms with Crippen molar-refractivity contribution in [3.8, 4) is 5.75 Å². The molecular formula is C21H27NO5S. The van der Waals surface area contributed by atoms with Gasteiger partial charge in [0.25, 0.3) is 10.0 Å². The number of carbonyl (C=O) groups excluding carboxylic acids is 1. The Morgan fingerprint density at radius 1 is 0.964 bits per heavy atom. The Morgan fingerprint density at radius 2 is 1.57 bits per heavy atom. The van der Waals surface area contributed by atoms with E-state index in [2.05, 4.69) is 0 Å². The molecule has 0 saturated heterocycles. The molecule has 0 bridgehead atoms. The van der Waals surface area contributed by atoms with Crippen LogP contribution in [0.15, 0.2) is 41.3 Å². The van der Waals surface area contributed by atoms with Gasteiger partial charge in [0.2, 0.25) is 0 Å². The summed E-state index contributed by atoms with van der Waals surface area (Å²) in [5.74, 6) is 0.610. The highest BCUT2D eigenvalue weighted by atomic mass is 32.2. The zero-order chi connectivity index (χ0) is 21.3. The molecule has 0 aliphatic rings. The minimum absolute atomic E-state index is 0.0498. The maximum absolute atomic E-state index is 13.5. The lowest BCUT2D eigenvalue weighted by molar-refractivity contribution is 0.0608. The molecule has 1 amide bonds. The van der Waals surface area contributed by atoms with Gasteiger partial charge in [0.05, 0.1) is 17.7 Å². The average Bonchev–Trinajstić information content (AvgIpc) is 2.57. The second kappa shape index (κ2) is 7.83. The second-order valence-corrected chi connectivity index (χ2v) is 9.31. The first-order valence-corrected chi connectivity index (χ1v) is 10.3. The smallest absolute Gasteiger partial charge is 0.429 e. The molecule has 7 heteroatoms. The van der Waals surface area contributed by atoms with Crippen molar-refractivity contribution >= 4 is 21.8 Å². The monoisotopic (exact) mass is 405 g/mol. The zero-order valence-electron chi connectivity index (χ0n) is 17.4. The van der Waals surface area contributed by atoms with Gasteiger partial charge >= 0.3 is 6.09 Å². The predicted octanol–water partition coefficient (Wildman–Crippen LogP) is 4.75. The Hall–Kier alpha value is -2.54. The van der Waals surface area contributed by atoms with Crippen LogP contribution in [0.3, 0.4) is 0 Å². The normalized spacial score (nSPS) is 11.8. The van der Waals surface area contributed by atoms with E-state index in [1.54, 1.807) is 65.0 Å². The lowest BCUT2D eigenvalue weighted by Gasteiger charge is -2.29. The summed E-state index contributed by atoms with van der Waals surface area (Å²) in [5, 5.41) is 0. The molecule has 152 valence electrons. The Kier molecular flexibility index (Phi) is 6.09. The number of hydrogen-bond acceptors (Lipinski definition) is 5. The summed E-state index contributed by atoms with van der Waals surface area (Å²) in [6.07, 6.45) is -0.955. The molecule has 28 heavy (non-hydrogen) atoms. The predicted molar refractivity (Wildman–Crippen MR) is 110 cm³/mol. The van der Waals surface area contributed by atoms with Crippen LogP contribution < -0.4 is 9.04 Å². The zero-order valence-corrected chi connectivity index (χ0v) is 18.2. The van der Waals surface area contributed by atoms with E-state index in [1.807, 2.05) is 6.92 Å². The number of methoxy groups -OCH3 is 1. The number of sulfonamides is 1. The molecule has 6 nitrogen and oxygen atoms in total. The highest BCUT2D eigenvalue weighted by molar-refractivity contribution is 7.93. The Morgan fingerprint density at radius 3 is 2.11 bits per heavy atom. The summed E-state index contributed by atoms with van der Waals surface area (Å²) in [5.41, 5.74) is 1.28. The molecule has 0 aromatic heterocycles. The number of amides is 1. The minimum Gasteiger partial charge on any atom is -0.496 e. The fourth-order valence-electron chi connectivity index (χ4n) is 2.80. The largest absolute Gasteiger partial charge is 0.496 e. The second-order valence-electron chi connectivity index (χ2n) is 7.55. The maximum Gasteiger partial charge on any atom is 0.429 e. The van der Waals surface area contributed by atoms with Crippen LogP contribution in [0.5, 0.6) is 5.75 Å². The van der Waals surface area contributed by atoms with E-state index in [0.29, 0.717) is 16.9 Å². The van der Waals surface area contributed by atoms with Crippen LogP contribution in [-0.4, -0.2) is 27.2 Å². The standard InChI is InChI=1S/C21H27NO5S/c1-14-10-8-9-11-19(14)28(24,25)22(20(23)27-21(4,5)6)17-12-13-18(26-7)16(3)15(17)2/h8-13H,1-7H3. The van der Waals surface area contributed by atoms with E-state index in [4.69, 9.17) is 9.47 Å². The van der Waals surface area contributed by atoms with Gasteiger partial charge < -0.3 is 9.47 Å². The topological polar surface area (TPSA) is 72.9 Å². The summed E-state index contributed by atoms with van der Waals surface area (Å²) in [6, 6.07) is 9.73. The first kappa shape index (κ1) is 21.8. The van der Waals surface area contributed by atoms with E-state index >= 15 is 0 Å². The van der Waals surface area contributed by atoms with Gasteiger partial charge in [-0.3, -0.25) is 0 Å². The highest BCUT2D eigenvalue weighted by Gasteiger charge is 2.36. The quantitative estimate of drug-likeness (QED) is 0.734. The van der Waals surface area contributed by atoms with E-state index in [1.165, 1.54) is 13.2 Å². The fourth-order valence-corrected chi connectivity index (χ4v) is 4.41. The van der Waals surface area contributed by atoms with E-state index in [-0.39, 0.29) is 10.6 Å². The molecule has 0 spiro atoms. The van der Waals surface area contributed by atoms with Crippen LogP contribution in [0.25, 0.3) is 0 Å². The molecule has 0 atom stereocenters. The van der Waals surface area contributed by atoms with Gasteiger partial charge in [-0.15, -0.1) is 0 Å². The number of rotatable bonds is 4. The van der Waals surface area contributed by atoms with Crippen molar-refractivity contribution < 1.29 is 22.7 Å². The Balaban J connectivity index is 2.74. The molecule has 0 aliphatic carbocycles. The van der Waals surface area contributed by atoms with Gasteiger partial charge in [0.15, 0.2) is 0 Å². The Bertz CT molecular complexity index is 990. The Labute approximate surface area is 167 Å². The van der Waals surface area contributed by atoms with E-state index < -0.39 is 21.7 Å². The number of carbonyl (C=O) groups is 1. The highest BCUT2D eigenvalue weighted by Crippen LogP contribution is 2.34. The number of nitrogens with zero attached hydrogens (tertiary/aromatic N) is 1. The van der Waals surface area contributed by atoms with Gasteiger partial charge in [0.1, 0.15) is 11.4 Å². The number of aryl methyl sites for hydroxylation is 1. The number of anilines is 1. The van der Waals surface area contributed by atoms with Crippen molar-refractivity contribution in [2.75, 3.05) is 11.4 Å². The van der Waals surface area contributed by atoms with Gasteiger partial charge in [-0.05, 0) is 76.4 Å². The molecule has 0 heterocycles. The number of benzene rings is 2. The molecule has 0 unspecified atom stereocenters. The third kappa shape index (κ3) is 4.30. The van der Waals surface area contributed by atoms with Crippen LogP contribution in [0, 0.1) is 20.8 Å². The van der Waals surface area contributed by atoms with Crippen molar-refractivity contribution in [1.29, 1.82) is 0 Å². The van der Waals surface area contributed by atoms with Crippen molar-refractivity contribution in [2.24, 2.45) is 0 Å². The third-order valence-electron chi connectivity index (χ3n) is 4.32. The summed E-state index contributed by atoms with van der Waals surface area (Å²) >= 11 is 0. The number of ether oxygens (including phenoxy) is 2.